The Morgan fingerprint density at radius 2 is 1.90 bits per heavy atom. The Morgan fingerprint density at radius 3 is 2.57 bits per heavy atom. The van der Waals surface area contributed by atoms with Crippen LogP contribution in [0, 0.1) is 5.41 Å². The van der Waals surface area contributed by atoms with Crippen molar-refractivity contribution in [2.75, 3.05) is 33.9 Å². The predicted octanol–water partition coefficient (Wildman–Crippen LogP) is 3.17. The van der Waals surface area contributed by atoms with Gasteiger partial charge in [0.15, 0.2) is 0 Å². The highest BCUT2D eigenvalue weighted by Gasteiger charge is 2.52. The van der Waals surface area contributed by atoms with Crippen molar-refractivity contribution in [1.82, 2.24) is 10.2 Å². The van der Waals surface area contributed by atoms with Gasteiger partial charge in [0.2, 0.25) is 11.8 Å². The van der Waals surface area contributed by atoms with E-state index in [1.807, 2.05) is 29.2 Å². The lowest BCUT2D eigenvalue weighted by Gasteiger charge is -2.47. The van der Waals surface area contributed by atoms with Gasteiger partial charge in [-0.2, -0.15) is 0 Å². The summed E-state index contributed by atoms with van der Waals surface area (Å²) in [5.41, 5.74) is 1.59. The number of hydrogen-bond donors (Lipinski definition) is 1. The minimum Gasteiger partial charge on any atom is -0.497 e. The van der Waals surface area contributed by atoms with Crippen LogP contribution in [-0.4, -0.2) is 50.6 Å². The summed E-state index contributed by atoms with van der Waals surface area (Å²) in [4.78, 5) is 27.7. The van der Waals surface area contributed by atoms with Gasteiger partial charge in [-0.3, -0.25) is 9.59 Å². The smallest absolute Gasteiger partial charge is 0.230 e. The van der Waals surface area contributed by atoms with Crippen LogP contribution in [0.15, 0.2) is 36.0 Å². The van der Waals surface area contributed by atoms with E-state index in [1.165, 1.54) is 0 Å². The van der Waals surface area contributed by atoms with Crippen molar-refractivity contribution < 1.29 is 19.1 Å². The zero-order valence-corrected chi connectivity index (χ0v) is 18.0. The zero-order chi connectivity index (χ0) is 21.2. The predicted molar refractivity (Wildman–Crippen MR) is 114 cm³/mol. The standard InChI is InChI=1S/C24H32N2O4/c1-29-16-15-26-20-5-3-4-11-23(20,12-10-21(26)27)17-25-22(28)24(13-14-24)18-6-8-19(30-2)9-7-18/h5-9H,3-4,10-17H2,1-2H3,(H,25,28). The van der Waals surface area contributed by atoms with Crippen molar-refractivity contribution in [3.8, 4) is 5.75 Å². The number of piperidine rings is 1. The Hall–Kier alpha value is -2.34. The topological polar surface area (TPSA) is 67.9 Å². The second-order valence-electron chi connectivity index (χ2n) is 8.79. The van der Waals surface area contributed by atoms with E-state index in [0.717, 1.165) is 55.5 Å². The van der Waals surface area contributed by atoms with Gasteiger partial charge in [0.25, 0.3) is 0 Å². The van der Waals surface area contributed by atoms with Gasteiger partial charge in [-0.1, -0.05) is 18.2 Å². The van der Waals surface area contributed by atoms with Gasteiger partial charge < -0.3 is 19.7 Å². The number of nitrogens with zero attached hydrogens (tertiary/aromatic N) is 1. The summed E-state index contributed by atoms with van der Waals surface area (Å²) >= 11 is 0. The van der Waals surface area contributed by atoms with Gasteiger partial charge in [0, 0.05) is 37.7 Å². The minimum atomic E-state index is -0.415. The Morgan fingerprint density at radius 1 is 1.13 bits per heavy atom. The molecule has 4 rings (SSSR count). The molecule has 2 fully saturated rings. The molecule has 0 aromatic heterocycles. The summed E-state index contributed by atoms with van der Waals surface area (Å²) in [5, 5.41) is 3.28. The average molecular weight is 413 g/mol. The molecule has 3 aliphatic rings. The van der Waals surface area contributed by atoms with Crippen LogP contribution in [0.5, 0.6) is 5.75 Å². The highest BCUT2D eigenvalue weighted by Crippen LogP contribution is 2.50. The number of fused-ring (bicyclic) bond motifs is 1. The van der Waals surface area contributed by atoms with Crippen LogP contribution in [0.3, 0.4) is 0 Å². The first-order valence-electron chi connectivity index (χ1n) is 11.0. The first-order valence-corrected chi connectivity index (χ1v) is 11.0. The summed E-state index contributed by atoms with van der Waals surface area (Å²) < 4.78 is 10.5. The number of allylic oxidation sites excluding steroid dienone is 1. The van der Waals surface area contributed by atoms with Crippen LogP contribution in [-0.2, 0) is 19.7 Å². The lowest BCUT2D eigenvalue weighted by Crippen LogP contribution is -2.52. The first kappa shape index (κ1) is 20.9. The molecule has 1 saturated carbocycles. The van der Waals surface area contributed by atoms with Crippen molar-refractivity contribution >= 4 is 11.8 Å². The molecule has 30 heavy (non-hydrogen) atoms. The molecule has 1 unspecified atom stereocenters. The van der Waals surface area contributed by atoms with Gasteiger partial charge >= 0.3 is 0 Å². The van der Waals surface area contributed by atoms with Crippen LogP contribution < -0.4 is 10.1 Å². The van der Waals surface area contributed by atoms with Gasteiger partial charge in [0.1, 0.15) is 5.75 Å². The number of amides is 2. The number of benzene rings is 1. The molecule has 0 bridgehead atoms. The molecule has 2 amide bonds. The molecule has 1 atom stereocenters. The van der Waals surface area contributed by atoms with E-state index in [2.05, 4.69) is 11.4 Å². The van der Waals surface area contributed by atoms with Gasteiger partial charge in [0.05, 0.1) is 19.1 Å². The molecule has 1 N–H and O–H groups in total. The lowest BCUT2D eigenvalue weighted by atomic mass is 9.69. The number of nitrogens with one attached hydrogen (secondary N) is 1. The molecule has 2 aliphatic carbocycles. The van der Waals surface area contributed by atoms with E-state index in [0.29, 0.717) is 26.1 Å². The van der Waals surface area contributed by atoms with Crippen molar-refractivity contribution in [2.45, 2.75) is 50.4 Å². The van der Waals surface area contributed by atoms with Crippen molar-refractivity contribution in [1.29, 1.82) is 0 Å². The van der Waals surface area contributed by atoms with Crippen LogP contribution in [0.1, 0.15) is 50.5 Å². The average Bonchev–Trinajstić information content (AvgIpc) is 3.59. The third-order valence-corrected chi connectivity index (χ3v) is 7.08. The number of likely N-dealkylation sites (tertiary alicyclic amines) is 1. The highest BCUT2D eigenvalue weighted by atomic mass is 16.5. The second-order valence-corrected chi connectivity index (χ2v) is 8.79. The molecule has 1 saturated heterocycles. The molecular formula is C24H32N2O4. The number of ether oxygens (including phenoxy) is 2. The maximum Gasteiger partial charge on any atom is 0.230 e. The van der Waals surface area contributed by atoms with E-state index in [9.17, 15) is 9.59 Å². The fourth-order valence-electron chi connectivity index (χ4n) is 5.08. The lowest BCUT2D eigenvalue weighted by molar-refractivity contribution is -0.134. The number of hydrogen-bond acceptors (Lipinski definition) is 4. The fourth-order valence-corrected chi connectivity index (χ4v) is 5.08. The molecule has 6 heteroatoms. The quantitative estimate of drug-likeness (QED) is 0.712. The molecular weight excluding hydrogens is 380 g/mol. The Bertz CT molecular complexity index is 828. The normalized spacial score (nSPS) is 24.7. The number of carbonyl (C=O) groups is 2. The maximum absolute atomic E-state index is 13.3. The van der Waals surface area contributed by atoms with E-state index in [-0.39, 0.29) is 17.2 Å². The molecule has 0 spiro atoms. The summed E-state index contributed by atoms with van der Waals surface area (Å²) in [6.07, 6.45) is 8.37. The number of carbonyl (C=O) groups excluding carboxylic acids is 2. The van der Waals surface area contributed by atoms with Crippen molar-refractivity contribution in [3.05, 3.63) is 41.6 Å². The molecule has 1 heterocycles. The number of methoxy groups -OCH3 is 2. The first-order chi connectivity index (χ1) is 14.5. The molecule has 1 aromatic carbocycles. The number of rotatable bonds is 8. The van der Waals surface area contributed by atoms with E-state index >= 15 is 0 Å². The molecule has 1 aromatic rings. The monoisotopic (exact) mass is 412 g/mol. The third-order valence-electron chi connectivity index (χ3n) is 7.08. The molecule has 1 aliphatic heterocycles. The van der Waals surface area contributed by atoms with Crippen molar-refractivity contribution in [3.63, 3.8) is 0 Å². The summed E-state index contributed by atoms with van der Waals surface area (Å²) in [7, 11) is 3.30. The van der Waals surface area contributed by atoms with Crippen LogP contribution in [0.25, 0.3) is 0 Å². The molecule has 6 nitrogen and oxygen atoms in total. The second kappa shape index (κ2) is 8.42. The Kier molecular flexibility index (Phi) is 5.87. The van der Waals surface area contributed by atoms with Crippen LogP contribution in [0.2, 0.25) is 0 Å². The van der Waals surface area contributed by atoms with Crippen LogP contribution in [0.4, 0.5) is 0 Å². The summed E-state index contributed by atoms with van der Waals surface area (Å²) in [6.45, 7) is 1.69. The Labute approximate surface area is 178 Å². The van der Waals surface area contributed by atoms with E-state index in [1.54, 1.807) is 14.2 Å². The Balaban J connectivity index is 1.48. The highest BCUT2D eigenvalue weighted by molar-refractivity contribution is 5.91. The molecule has 0 radical (unpaired) electrons. The van der Waals surface area contributed by atoms with E-state index < -0.39 is 5.41 Å². The van der Waals surface area contributed by atoms with Gasteiger partial charge in [-0.05, 0) is 56.2 Å². The van der Waals surface area contributed by atoms with Gasteiger partial charge in [-0.15, -0.1) is 0 Å². The van der Waals surface area contributed by atoms with Crippen molar-refractivity contribution in [2.24, 2.45) is 5.41 Å². The third kappa shape index (κ3) is 3.73. The van der Waals surface area contributed by atoms with Gasteiger partial charge in [-0.25, -0.2) is 0 Å². The fraction of sp³-hybridized carbons (Fsp3) is 0.583. The SMILES string of the molecule is COCCN1C(=O)CCC2(CNC(=O)C3(c4ccc(OC)cc4)CC3)CCCC=C12. The van der Waals surface area contributed by atoms with E-state index in [4.69, 9.17) is 9.47 Å². The van der Waals surface area contributed by atoms with Crippen LogP contribution >= 0.6 is 0 Å². The zero-order valence-electron chi connectivity index (χ0n) is 18.0. The molecule has 162 valence electrons. The summed E-state index contributed by atoms with van der Waals surface area (Å²) in [5.74, 6) is 1.07. The maximum atomic E-state index is 13.3. The largest absolute Gasteiger partial charge is 0.497 e. The minimum absolute atomic E-state index is 0.104. The summed E-state index contributed by atoms with van der Waals surface area (Å²) in [6, 6.07) is 7.84.